The van der Waals surface area contributed by atoms with E-state index in [1.54, 1.807) is 6.07 Å². The van der Waals surface area contributed by atoms with Gasteiger partial charge in [0.25, 0.3) is 0 Å². The fraction of sp³-hybridized carbons (Fsp3) is 0.538. The van der Waals surface area contributed by atoms with Gasteiger partial charge in [-0.15, -0.1) is 0 Å². The fourth-order valence-corrected chi connectivity index (χ4v) is 1.62. The minimum Gasteiger partial charge on any atom is -0.508 e. The zero-order chi connectivity index (χ0) is 11.8. The molecule has 0 aromatic heterocycles. The average Bonchev–Trinajstić information content (AvgIpc) is 2.06. The Bertz CT molecular complexity index is 362. The number of benzene rings is 1. The van der Waals surface area contributed by atoms with Crippen molar-refractivity contribution in [3.8, 4) is 5.75 Å². The van der Waals surface area contributed by atoms with Gasteiger partial charge in [-0.05, 0) is 29.0 Å². The van der Waals surface area contributed by atoms with Gasteiger partial charge < -0.3 is 5.11 Å². The first-order chi connectivity index (χ1) is 6.73. The second kappa shape index (κ2) is 3.84. The molecule has 1 aromatic carbocycles. The molecule has 0 aliphatic carbocycles. The maximum atomic E-state index is 13.7. The van der Waals surface area contributed by atoms with Crippen LogP contribution in [0.2, 0.25) is 0 Å². The van der Waals surface area contributed by atoms with Crippen LogP contribution in [0.5, 0.6) is 5.75 Å². The highest BCUT2D eigenvalue weighted by Crippen LogP contribution is 2.34. The number of rotatable bonds is 1. The van der Waals surface area contributed by atoms with Crippen molar-refractivity contribution in [3.63, 3.8) is 0 Å². The zero-order valence-corrected chi connectivity index (χ0v) is 10.1. The van der Waals surface area contributed by atoms with E-state index in [-0.39, 0.29) is 22.9 Å². The fourth-order valence-electron chi connectivity index (χ4n) is 1.62. The third-order valence-corrected chi connectivity index (χ3v) is 2.55. The predicted molar refractivity (Wildman–Crippen MR) is 60.9 cm³/mol. The molecular formula is C13H19FO. The van der Waals surface area contributed by atoms with Gasteiger partial charge in [0.2, 0.25) is 0 Å². The SMILES string of the molecule is CC(C)c1cc(O)c(C(C)(C)C)cc1F. The summed E-state index contributed by atoms with van der Waals surface area (Å²) in [5, 5.41) is 9.83. The average molecular weight is 210 g/mol. The van der Waals surface area contributed by atoms with Gasteiger partial charge in [0.15, 0.2) is 0 Å². The molecular weight excluding hydrogens is 191 g/mol. The highest BCUT2D eigenvalue weighted by Gasteiger charge is 2.21. The molecule has 0 heterocycles. The van der Waals surface area contributed by atoms with Gasteiger partial charge in [-0.3, -0.25) is 0 Å². The van der Waals surface area contributed by atoms with Crippen molar-refractivity contribution < 1.29 is 9.50 Å². The van der Waals surface area contributed by atoms with Gasteiger partial charge >= 0.3 is 0 Å². The molecule has 0 radical (unpaired) electrons. The number of hydrogen-bond donors (Lipinski definition) is 1. The molecule has 84 valence electrons. The van der Waals surface area contributed by atoms with Crippen LogP contribution in [0.15, 0.2) is 12.1 Å². The van der Waals surface area contributed by atoms with Crippen LogP contribution in [0.4, 0.5) is 4.39 Å². The molecule has 0 aliphatic heterocycles. The molecule has 0 saturated heterocycles. The third kappa shape index (κ3) is 2.49. The van der Waals surface area contributed by atoms with Crippen molar-refractivity contribution in [2.45, 2.75) is 46.0 Å². The molecule has 1 N–H and O–H groups in total. The van der Waals surface area contributed by atoms with E-state index in [1.807, 2.05) is 34.6 Å². The minimum atomic E-state index is -0.236. The smallest absolute Gasteiger partial charge is 0.127 e. The largest absolute Gasteiger partial charge is 0.508 e. The van der Waals surface area contributed by atoms with E-state index in [4.69, 9.17) is 0 Å². The van der Waals surface area contributed by atoms with E-state index in [9.17, 15) is 9.50 Å². The molecule has 0 atom stereocenters. The van der Waals surface area contributed by atoms with Gasteiger partial charge in [-0.2, -0.15) is 0 Å². The summed E-state index contributed by atoms with van der Waals surface area (Å²) in [5.41, 5.74) is 0.991. The van der Waals surface area contributed by atoms with Crippen LogP contribution < -0.4 is 0 Å². The quantitative estimate of drug-likeness (QED) is 0.744. The predicted octanol–water partition coefficient (Wildman–Crippen LogP) is 3.95. The molecule has 1 aromatic rings. The van der Waals surface area contributed by atoms with Crippen molar-refractivity contribution in [2.75, 3.05) is 0 Å². The van der Waals surface area contributed by atoms with Crippen molar-refractivity contribution in [1.82, 2.24) is 0 Å². The van der Waals surface area contributed by atoms with Crippen molar-refractivity contribution in [1.29, 1.82) is 0 Å². The summed E-state index contributed by atoms with van der Waals surface area (Å²) < 4.78 is 13.7. The molecule has 0 fully saturated rings. The number of phenolic OH excluding ortho intramolecular Hbond substituents is 1. The van der Waals surface area contributed by atoms with Crippen LogP contribution in [-0.2, 0) is 5.41 Å². The highest BCUT2D eigenvalue weighted by atomic mass is 19.1. The van der Waals surface area contributed by atoms with Gasteiger partial charge in [0, 0.05) is 5.56 Å². The summed E-state index contributed by atoms with van der Waals surface area (Å²) in [4.78, 5) is 0. The first-order valence-electron chi connectivity index (χ1n) is 5.26. The maximum absolute atomic E-state index is 13.7. The highest BCUT2D eigenvalue weighted by molar-refractivity contribution is 5.42. The van der Waals surface area contributed by atoms with Crippen molar-refractivity contribution >= 4 is 0 Å². The van der Waals surface area contributed by atoms with E-state index in [0.29, 0.717) is 11.1 Å². The van der Waals surface area contributed by atoms with Crippen LogP contribution in [0.3, 0.4) is 0 Å². The summed E-state index contributed by atoms with van der Waals surface area (Å²) in [6.07, 6.45) is 0. The van der Waals surface area contributed by atoms with Crippen LogP contribution >= 0.6 is 0 Å². The second-order valence-corrected chi connectivity index (χ2v) is 5.30. The van der Waals surface area contributed by atoms with E-state index in [0.717, 1.165) is 0 Å². The molecule has 0 unspecified atom stereocenters. The minimum absolute atomic E-state index is 0.0879. The molecule has 0 bridgehead atoms. The first kappa shape index (κ1) is 12.0. The number of phenols is 1. The monoisotopic (exact) mass is 210 g/mol. The molecule has 2 heteroatoms. The van der Waals surface area contributed by atoms with Gasteiger partial charge in [0.1, 0.15) is 11.6 Å². The van der Waals surface area contributed by atoms with E-state index >= 15 is 0 Å². The Kier molecular flexibility index (Phi) is 3.08. The molecule has 1 rings (SSSR count). The third-order valence-electron chi connectivity index (χ3n) is 2.55. The van der Waals surface area contributed by atoms with Gasteiger partial charge in [0.05, 0.1) is 0 Å². The summed E-state index contributed by atoms with van der Waals surface area (Å²) >= 11 is 0. The topological polar surface area (TPSA) is 20.2 Å². The summed E-state index contributed by atoms with van der Waals surface area (Å²) in [6.45, 7) is 9.69. The summed E-state index contributed by atoms with van der Waals surface area (Å²) in [7, 11) is 0. The molecule has 0 saturated carbocycles. The van der Waals surface area contributed by atoms with Crippen LogP contribution in [0, 0.1) is 5.82 Å². The molecule has 0 spiro atoms. The maximum Gasteiger partial charge on any atom is 0.127 e. The Morgan fingerprint density at radius 2 is 1.73 bits per heavy atom. The molecule has 15 heavy (non-hydrogen) atoms. The van der Waals surface area contributed by atoms with Crippen LogP contribution in [-0.4, -0.2) is 5.11 Å². The Hall–Kier alpha value is -1.05. The standard InChI is InChI=1S/C13H19FO/c1-8(2)9-6-12(15)10(7-11(9)14)13(3,4)5/h6-8,15H,1-5H3. The number of hydrogen-bond acceptors (Lipinski definition) is 1. The van der Waals surface area contributed by atoms with Crippen molar-refractivity contribution in [3.05, 3.63) is 29.1 Å². The Morgan fingerprint density at radius 3 is 2.13 bits per heavy atom. The zero-order valence-electron chi connectivity index (χ0n) is 10.1. The first-order valence-corrected chi connectivity index (χ1v) is 5.26. The Labute approximate surface area is 90.9 Å². The normalized spacial score (nSPS) is 12.2. The Morgan fingerprint density at radius 1 is 1.20 bits per heavy atom. The van der Waals surface area contributed by atoms with E-state index < -0.39 is 0 Å². The number of aromatic hydroxyl groups is 1. The Balaban J connectivity index is 3.32. The lowest BCUT2D eigenvalue weighted by molar-refractivity contribution is 0.440. The van der Waals surface area contributed by atoms with Gasteiger partial charge in [-0.1, -0.05) is 34.6 Å². The van der Waals surface area contributed by atoms with Crippen LogP contribution in [0.25, 0.3) is 0 Å². The lowest BCUT2D eigenvalue weighted by atomic mass is 9.84. The number of halogens is 1. The summed E-state index contributed by atoms with van der Waals surface area (Å²) in [5.74, 6) is 0.0465. The second-order valence-electron chi connectivity index (χ2n) is 5.30. The summed E-state index contributed by atoms with van der Waals surface area (Å²) in [6, 6.07) is 2.99. The van der Waals surface area contributed by atoms with E-state index in [1.165, 1.54) is 6.07 Å². The lowest BCUT2D eigenvalue weighted by Crippen LogP contribution is -2.12. The van der Waals surface area contributed by atoms with E-state index in [2.05, 4.69) is 0 Å². The lowest BCUT2D eigenvalue weighted by Gasteiger charge is -2.22. The van der Waals surface area contributed by atoms with Crippen LogP contribution in [0.1, 0.15) is 51.7 Å². The molecule has 0 aliphatic rings. The molecule has 1 nitrogen and oxygen atoms in total. The van der Waals surface area contributed by atoms with Gasteiger partial charge in [-0.25, -0.2) is 4.39 Å². The molecule has 0 amide bonds. The van der Waals surface area contributed by atoms with Crippen molar-refractivity contribution in [2.24, 2.45) is 0 Å².